The molecule has 0 fully saturated rings. The number of nitrogens with zero attached hydrogens (tertiary/aromatic N) is 2. The average Bonchev–Trinajstić information content (AvgIpc) is 2.71. The number of phenols is 1. The molecule has 1 atom stereocenters. The van der Waals surface area contributed by atoms with Crippen molar-refractivity contribution < 1.29 is 9.84 Å². The number of methoxy groups -OCH3 is 1. The van der Waals surface area contributed by atoms with Crippen molar-refractivity contribution in [1.82, 2.24) is 9.97 Å². The quantitative estimate of drug-likeness (QED) is 0.532. The molecule has 0 aliphatic heterocycles. The third-order valence-corrected chi connectivity index (χ3v) is 5.41. The molecule has 0 saturated carbocycles. The van der Waals surface area contributed by atoms with Crippen molar-refractivity contribution in [3.63, 3.8) is 0 Å². The predicted octanol–water partition coefficient (Wildman–Crippen LogP) is 5.99. The highest BCUT2D eigenvalue weighted by molar-refractivity contribution is 5.55. The van der Waals surface area contributed by atoms with Gasteiger partial charge >= 0.3 is 0 Å². The maximum absolute atomic E-state index is 11.4. The largest absolute Gasteiger partial charge is 0.507 e. The van der Waals surface area contributed by atoms with Crippen molar-refractivity contribution >= 4 is 5.95 Å². The molecule has 0 aliphatic carbocycles. The topological polar surface area (TPSA) is 67.3 Å². The molecular formula is C26H33N3O2. The average molecular weight is 420 g/mol. The number of benzene rings is 2. The number of ether oxygens (including phenoxy) is 1. The molecule has 164 valence electrons. The number of anilines is 1. The van der Waals surface area contributed by atoms with Crippen LogP contribution < -0.4 is 10.1 Å². The van der Waals surface area contributed by atoms with Crippen molar-refractivity contribution in [3.05, 3.63) is 77.1 Å². The molecule has 2 aromatic carbocycles. The van der Waals surface area contributed by atoms with E-state index in [2.05, 4.69) is 69.0 Å². The lowest BCUT2D eigenvalue weighted by Crippen LogP contribution is -2.21. The van der Waals surface area contributed by atoms with Gasteiger partial charge in [0.15, 0.2) is 0 Å². The Labute approximate surface area is 185 Å². The van der Waals surface area contributed by atoms with Crippen LogP contribution in [0.15, 0.2) is 54.9 Å². The summed E-state index contributed by atoms with van der Waals surface area (Å²) in [6.45, 7) is 12.9. The van der Waals surface area contributed by atoms with Crippen LogP contribution in [0, 0.1) is 0 Å². The summed E-state index contributed by atoms with van der Waals surface area (Å²) in [6.07, 6.45) is 3.40. The van der Waals surface area contributed by atoms with E-state index in [1.54, 1.807) is 25.6 Å². The van der Waals surface area contributed by atoms with E-state index in [-0.39, 0.29) is 16.9 Å². The first-order valence-corrected chi connectivity index (χ1v) is 10.6. The highest BCUT2D eigenvalue weighted by atomic mass is 16.5. The van der Waals surface area contributed by atoms with Crippen LogP contribution in [0.1, 0.15) is 69.8 Å². The monoisotopic (exact) mass is 419 g/mol. The fourth-order valence-corrected chi connectivity index (χ4v) is 3.52. The van der Waals surface area contributed by atoms with Gasteiger partial charge in [0.05, 0.1) is 13.2 Å². The Bertz CT molecular complexity index is 1020. The molecule has 0 bridgehead atoms. The number of aromatic hydroxyl groups is 1. The fraction of sp³-hybridized carbons (Fsp3) is 0.385. The maximum Gasteiger partial charge on any atom is 0.223 e. The lowest BCUT2D eigenvalue weighted by Gasteiger charge is -2.30. The zero-order valence-electron chi connectivity index (χ0n) is 19.5. The van der Waals surface area contributed by atoms with Gasteiger partial charge in [-0.25, -0.2) is 9.97 Å². The molecule has 1 unspecified atom stereocenters. The molecular weight excluding hydrogens is 386 g/mol. The van der Waals surface area contributed by atoms with E-state index in [9.17, 15) is 5.11 Å². The molecule has 1 aromatic heterocycles. The number of phenolic OH excluding ortho intramolecular Hbond substituents is 1. The Hall–Kier alpha value is -3.08. The van der Waals surface area contributed by atoms with Crippen molar-refractivity contribution in [2.75, 3.05) is 12.4 Å². The van der Waals surface area contributed by atoms with Gasteiger partial charge in [0.1, 0.15) is 11.5 Å². The second-order valence-corrected chi connectivity index (χ2v) is 9.88. The summed E-state index contributed by atoms with van der Waals surface area (Å²) in [5.74, 6) is 1.58. The Morgan fingerprint density at radius 2 is 1.52 bits per heavy atom. The first-order chi connectivity index (χ1) is 14.5. The van der Waals surface area contributed by atoms with Crippen molar-refractivity contribution in [2.45, 2.75) is 58.4 Å². The zero-order valence-corrected chi connectivity index (χ0v) is 19.5. The van der Waals surface area contributed by atoms with Crippen molar-refractivity contribution in [2.24, 2.45) is 0 Å². The minimum absolute atomic E-state index is 0.0733. The number of hydrogen-bond acceptors (Lipinski definition) is 5. The lowest BCUT2D eigenvalue weighted by molar-refractivity contribution is 0.414. The van der Waals surface area contributed by atoms with Gasteiger partial charge in [-0.05, 0) is 51.8 Å². The first-order valence-electron chi connectivity index (χ1n) is 10.6. The molecule has 3 rings (SSSR count). The van der Waals surface area contributed by atoms with Crippen LogP contribution in [0.2, 0.25) is 0 Å². The standard InChI is InChI=1S/C26H33N3O2/c1-25(2,3)18-15-20(23(30)21(16-18)26(4,5)6)22(29-24-27-13-8-14-28-24)17-9-11-19(31-7)12-10-17/h8-16,22,30H,1-7H3,(H,27,28,29). The lowest BCUT2D eigenvalue weighted by atomic mass is 9.77. The van der Waals surface area contributed by atoms with E-state index in [1.807, 2.05) is 24.3 Å². The van der Waals surface area contributed by atoms with E-state index in [0.717, 1.165) is 22.4 Å². The van der Waals surface area contributed by atoms with Gasteiger partial charge in [0, 0.05) is 18.0 Å². The Morgan fingerprint density at radius 1 is 0.903 bits per heavy atom. The van der Waals surface area contributed by atoms with Crippen LogP contribution in [0.3, 0.4) is 0 Å². The molecule has 5 nitrogen and oxygen atoms in total. The number of nitrogens with one attached hydrogen (secondary N) is 1. The highest BCUT2D eigenvalue weighted by Crippen LogP contribution is 2.42. The maximum atomic E-state index is 11.4. The minimum Gasteiger partial charge on any atom is -0.507 e. The summed E-state index contributed by atoms with van der Waals surface area (Å²) in [7, 11) is 1.65. The van der Waals surface area contributed by atoms with E-state index in [4.69, 9.17) is 4.74 Å². The number of hydrogen-bond donors (Lipinski definition) is 2. The molecule has 31 heavy (non-hydrogen) atoms. The SMILES string of the molecule is COc1ccc(C(Nc2ncccn2)c2cc(C(C)(C)C)cc(C(C)(C)C)c2O)cc1. The molecule has 0 amide bonds. The Balaban J connectivity index is 2.23. The van der Waals surface area contributed by atoms with Crippen LogP contribution >= 0.6 is 0 Å². The van der Waals surface area contributed by atoms with Gasteiger partial charge in [0.25, 0.3) is 0 Å². The summed E-state index contributed by atoms with van der Waals surface area (Å²) >= 11 is 0. The highest BCUT2D eigenvalue weighted by Gasteiger charge is 2.29. The molecule has 2 N–H and O–H groups in total. The van der Waals surface area contributed by atoms with E-state index in [1.165, 1.54) is 5.56 Å². The summed E-state index contributed by atoms with van der Waals surface area (Å²) in [4.78, 5) is 8.69. The van der Waals surface area contributed by atoms with Gasteiger partial charge in [0.2, 0.25) is 5.95 Å². The van der Waals surface area contributed by atoms with Gasteiger partial charge in [-0.15, -0.1) is 0 Å². The zero-order chi connectivity index (χ0) is 22.8. The van der Waals surface area contributed by atoms with Gasteiger partial charge in [-0.2, -0.15) is 0 Å². The van der Waals surface area contributed by atoms with Crippen LogP contribution in [-0.4, -0.2) is 22.2 Å². The fourth-order valence-electron chi connectivity index (χ4n) is 3.52. The summed E-state index contributed by atoms with van der Waals surface area (Å²) in [6, 6.07) is 13.5. The predicted molar refractivity (Wildman–Crippen MR) is 126 cm³/mol. The van der Waals surface area contributed by atoms with Gasteiger partial charge in [-0.3, -0.25) is 0 Å². The third kappa shape index (κ3) is 5.16. The van der Waals surface area contributed by atoms with Gasteiger partial charge < -0.3 is 15.2 Å². The second kappa shape index (κ2) is 8.58. The second-order valence-electron chi connectivity index (χ2n) is 9.88. The summed E-state index contributed by atoms with van der Waals surface area (Å²) < 4.78 is 5.33. The summed E-state index contributed by atoms with van der Waals surface area (Å²) in [5, 5.41) is 14.8. The molecule has 0 radical (unpaired) electrons. The van der Waals surface area contributed by atoms with Crippen LogP contribution in [0.4, 0.5) is 5.95 Å². The van der Waals surface area contributed by atoms with Crippen molar-refractivity contribution in [3.8, 4) is 11.5 Å². The molecule has 1 heterocycles. The normalized spacial score (nSPS) is 13.0. The molecule has 0 spiro atoms. The smallest absolute Gasteiger partial charge is 0.223 e. The van der Waals surface area contributed by atoms with E-state index >= 15 is 0 Å². The van der Waals surface area contributed by atoms with E-state index in [0.29, 0.717) is 11.7 Å². The van der Waals surface area contributed by atoms with E-state index < -0.39 is 0 Å². The Morgan fingerprint density at radius 3 is 2.03 bits per heavy atom. The Kier molecular flexibility index (Phi) is 6.25. The third-order valence-electron chi connectivity index (χ3n) is 5.41. The molecule has 0 saturated heterocycles. The van der Waals surface area contributed by atoms with Crippen LogP contribution in [0.5, 0.6) is 11.5 Å². The molecule has 3 aromatic rings. The molecule has 5 heteroatoms. The molecule has 0 aliphatic rings. The van der Waals surface area contributed by atoms with Crippen LogP contribution in [-0.2, 0) is 10.8 Å². The van der Waals surface area contributed by atoms with Crippen LogP contribution in [0.25, 0.3) is 0 Å². The minimum atomic E-state index is -0.336. The summed E-state index contributed by atoms with van der Waals surface area (Å²) in [5.41, 5.74) is 3.58. The van der Waals surface area contributed by atoms with Crippen molar-refractivity contribution in [1.29, 1.82) is 0 Å². The van der Waals surface area contributed by atoms with Gasteiger partial charge in [-0.1, -0.05) is 59.7 Å². The number of rotatable bonds is 5. The number of aromatic nitrogens is 2. The first kappa shape index (κ1) is 22.6.